The van der Waals surface area contributed by atoms with Crippen molar-refractivity contribution in [2.24, 2.45) is 0 Å². The lowest BCUT2D eigenvalue weighted by molar-refractivity contribution is -0.386. The van der Waals surface area contributed by atoms with Gasteiger partial charge in [-0.25, -0.2) is 0 Å². The molecular weight excluding hydrogens is 589 g/mol. The zero-order valence-electron chi connectivity index (χ0n) is 28.3. The fourth-order valence-corrected chi connectivity index (χ4v) is 10.6. The second-order valence-corrected chi connectivity index (χ2v) is 14.9. The number of methoxy groups -OCH3 is 2. The van der Waals surface area contributed by atoms with Gasteiger partial charge in [0.15, 0.2) is 5.75 Å². The van der Waals surface area contributed by atoms with Gasteiger partial charge in [0.25, 0.3) is 0 Å². The summed E-state index contributed by atoms with van der Waals surface area (Å²) < 4.78 is 30.0. The van der Waals surface area contributed by atoms with Crippen molar-refractivity contribution in [1.82, 2.24) is 9.34 Å². The van der Waals surface area contributed by atoms with Gasteiger partial charge in [-0.2, -0.15) is 9.05 Å². The molecule has 0 N–H and O–H groups in total. The van der Waals surface area contributed by atoms with Crippen molar-refractivity contribution in [1.29, 1.82) is 0 Å². The summed E-state index contributed by atoms with van der Waals surface area (Å²) >= 11 is 0. The van der Waals surface area contributed by atoms with Gasteiger partial charge in [0.1, 0.15) is 13.2 Å². The van der Waals surface area contributed by atoms with E-state index in [0.29, 0.717) is 17.9 Å². The molecule has 244 valence electrons. The van der Waals surface area contributed by atoms with Crippen LogP contribution in [-0.4, -0.2) is 59.3 Å². The number of ether oxygens (including phenoxy) is 2. The van der Waals surface area contributed by atoms with Gasteiger partial charge in [-0.3, -0.25) is 10.1 Å². The molecule has 1 aliphatic rings. The average Bonchev–Trinajstić information content (AvgIpc) is 3.31. The third-order valence-electron chi connectivity index (χ3n) is 8.25. The third kappa shape index (κ3) is 6.74. The fraction of sp³-hybridized carbons (Fsp3) is 0.486. The predicted molar refractivity (Wildman–Crippen MR) is 182 cm³/mol. The Morgan fingerprint density at radius 2 is 1.22 bits per heavy atom. The Balaban J connectivity index is 1.87. The average molecular weight is 639 g/mol. The van der Waals surface area contributed by atoms with Gasteiger partial charge in [-0.05, 0) is 89.8 Å². The normalized spacial score (nSPS) is 13.4. The van der Waals surface area contributed by atoms with E-state index in [2.05, 4.69) is 113 Å². The molecule has 3 aromatic rings. The summed E-state index contributed by atoms with van der Waals surface area (Å²) in [5.74, 6) is 0.376. The molecule has 1 aliphatic carbocycles. The van der Waals surface area contributed by atoms with Crippen molar-refractivity contribution in [3.05, 3.63) is 87.5 Å². The van der Waals surface area contributed by atoms with Crippen LogP contribution in [0, 0.1) is 10.1 Å². The Hall–Kier alpha value is -3.07. The third-order valence-corrected chi connectivity index (χ3v) is 12.2. The number of benzene rings is 3. The minimum atomic E-state index is -3.10. The Morgan fingerprint density at radius 1 is 0.733 bits per heavy atom. The standard InChI is InChI=1S/C35H49N3O6P/c1-23(2)36(24(3)4)45(37(25(5)6)26(7)8,43-21-27-19-20-33(41-9)35(42-10)34(27)38(39)40)44-22-32-30-17-13-11-15-28(30)29-16-12-14-18-31(29)32/h11-20,23-26,32H,21-22H2,1-10H3/q+1. The molecule has 0 spiro atoms. The Kier molecular flexibility index (Phi) is 11.3. The van der Waals surface area contributed by atoms with Crippen molar-refractivity contribution in [3.8, 4) is 22.6 Å². The number of hydrogen-bond acceptors (Lipinski definition) is 8. The van der Waals surface area contributed by atoms with E-state index >= 15 is 0 Å². The SMILES string of the molecule is COc1ccc(CO[P+](OCC2c3ccccc3-c3ccccc32)(N(C(C)C)C(C)C)N(C(C)C)C(C)C)c([N+](=O)[O-])c1OC. The molecule has 0 atom stereocenters. The van der Waals surface area contributed by atoms with Crippen LogP contribution in [0.5, 0.6) is 11.5 Å². The van der Waals surface area contributed by atoms with Crippen molar-refractivity contribution < 1.29 is 23.4 Å². The smallest absolute Gasteiger partial charge is 0.437 e. The Bertz CT molecular complexity index is 1400. The fourth-order valence-electron chi connectivity index (χ4n) is 6.82. The second-order valence-electron chi connectivity index (χ2n) is 12.5. The van der Waals surface area contributed by atoms with Gasteiger partial charge in [0.2, 0.25) is 5.75 Å². The first-order valence-corrected chi connectivity index (χ1v) is 17.2. The van der Waals surface area contributed by atoms with Gasteiger partial charge in [-0.1, -0.05) is 48.5 Å². The largest absolute Gasteiger partial charge is 0.493 e. The maximum absolute atomic E-state index is 12.4. The molecule has 0 fully saturated rings. The molecule has 0 bridgehead atoms. The van der Waals surface area contributed by atoms with Crippen LogP contribution in [0.15, 0.2) is 60.7 Å². The summed E-state index contributed by atoms with van der Waals surface area (Å²) in [6.07, 6.45) is 0. The predicted octanol–water partition coefficient (Wildman–Crippen LogP) is 8.87. The maximum atomic E-state index is 12.4. The van der Waals surface area contributed by atoms with E-state index in [1.807, 2.05) is 0 Å². The molecule has 0 unspecified atom stereocenters. The van der Waals surface area contributed by atoms with Crippen molar-refractivity contribution in [2.75, 3.05) is 20.8 Å². The molecule has 0 radical (unpaired) electrons. The van der Waals surface area contributed by atoms with Gasteiger partial charge in [0, 0.05) is 30.1 Å². The molecule has 0 saturated carbocycles. The topological polar surface area (TPSA) is 86.5 Å². The molecule has 45 heavy (non-hydrogen) atoms. The molecular formula is C35H49N3O6P+. The number of nitro benzene ring substituents is 1. The van der Waals surface area contributed by atoms with E-state index in [4.69, 9.17) is 18.5 Å². The lowest BCUT2D eigenvalue weighted by atomic mass is 9.98. The van der Waals surface area contributed by atoms with Gasteiger partial charge >= 0.3 is 13.7 Å². The molecule has 0 heterocycles. The highest BCUT2D eigenvalue weighted by Gasteiger charge is 2.61. The molecule has 0 amide bonds. The lowest BCUT2D eigenvalue weighted by Crippen LogP contribution is -2.49. The number of nitro groups is 1. The van der Waals surface area contributed by atoms with Crippen LogP contribution in [0.2, 0.25) is 0 Å². The van der Waals surface area contributed by atoms with E-state index in [0.717, 1.165) is 0 Å². The first-order chi connectivity index (χ1) is 21.4. The number of fused-ring (bicyclic) bond motifs is 3. The van der Waals surface area contributed by atoms with Gasteiger partial charge in [0.05, 0.1) is 24.7 Å². The number of hydrogen-bond donors (Lipinski definition) is 0. The second kappa shape index (κ2) is 14.6. The minimum Gasteiger partial charge on any atom is -0.493 e. The highest BCUT2D eigenvalue weighted by atomic mass is 31.2. The maximum Gasteiger partial charge on any atom is 0.437 e. The number of nitrogens with zero attached hydrogens (tertiary/aromatic N) is 3. The highest BCUT2D eigenvalue weighted by molar-refractivity contribution is 7.61. The number of rotatable bonds is 15. The Labute approximate surface area is 269 Å². The van der Waals surface area contributed by atoms with Crippen LogP contribution in [0.4, 0.5) is 5.69 Å². The van der Waals surface area contributed by atoms with E-state index < -0.39 is 12.9 Å². The Morgan fingerprint density at radius 3 is 1.64 bits per heavy atom. The molecule has 0 aromatic heterocycles. The van der Waals surface area contributed by atoms with Crippen LogP contribution in [0.3, 0.4) is 0 Å². The van der Waals surface area contributed by atoms with Crippen LogP contribution in [0.1, 0.15) is 78.0 Å². The van der Waals surface area contributed by atoms with E-state index in [-0.39, 0.29) is 48.1 Å². The monoisotopic (exact) mass is 638 g/mol. The summed E-state index contributed by atoms with van der Waals surface area (Å²) in [6.45, 7) is 17.6. The quantitative estimate of drug-likeness (QED) is 0.0927. The van der Waals surface area contributed by atoms with Crippen LogP contribution < -0.4 is 9.47 Å². The van der Waals surface area contributed by atoms with Crippen molar-refractivity contribution in [3.63, 3.8) is 0 Å². The summed E-state index contributed by atoms with van der Waals surface area (Å²) in [6, 6.07) is 20.6. The van der Waals surface area contributed by atoms with E-state index in [1.54, 1.807) is 12.1 Å². The molecule has 0 saturated heterocycles. The van der Waals surface area contributed by atoms with Gasteiger partial charge < -0.3 is 9.47 Å². The van der Waals surface area contributed by atoms with E-state index in [9.17, 15) is 10.1 Å². The summed E-state index contributed by atoms with van der Waals surface area (Å²) in [5.41, 5.74) is 5.13. The molecule has 10 heteroatoms. The van der Waals surface area contributed by atoms with Crippen molar-refractivity contribution in [2.45, 2.75) is 92.1 Å². The summed E-state index contributed by atoms with van der Waals surface area (Å²) in [4.78, 5) is 12.0. The van der Waals surface area contributed by atoms with Gasteiger partial charge in [-0.15, -0.1) is 9.34 Å². The lowest BCUT2D eigenvalue weighted by Gasteiger charge is -2.45. The zero-order valence-corrected chi connectivity index (χ0v) is 29.2. The molecule has 0 aliphatic heterocycles. The molecule has 3 aromatic carbocycles. The summed E-state index contributed by atoms with van der Waals surface area (Å²) in [5, 5.41) is 12.4. The van der Waals surface area contributed by atoms with Crippen LogP contribution in [0.25, 0.3) is 11.1 Å². The van der Waals surface area contributed by atoms with Crippen LogP contribution >= 0.6 is 8.02 Å². The minimum absolute atomic E-state index is 0.0122. The van der Waals surface area contributed by atoms with Crippen molar-refractivity contribution >= 4 is 13.7 Å². The van der Waals surface area contributed by atoms with E-state index in [1.165, 1.54) is 36.5 Å². The highest BCUT2D eigenvalue weighted by Crippen LogP contribution is 2.71. The first kappa shape index (κ1) is 34.8. The van der Waals surface area contributed by atoms with Crippen LogP contribution in [-0.2, 0) is 15.7 Å². The molecule has 4 rings (SSSR count). The summed E-state index contributed by atoms with van der Waals surface area (Å²) in [7, 11) is -0.229. The first-order valence-electron chi connectivity index (χ1n) is 15.7. The molecule has 9 nitrogen and oxygen atoms in total. The zero-order chi connectivity index (χ0) is 33.1.